The number of aromatic nitrogens is 2. The first-order valence-corrected chi connectivity index (χ1v) is 22.8. The highest BCUT2D eigenvalue weighted by Gasteiger charge is 2.33. The van der Waals surface area contributed by atoms with E-state index in [0.29, 0.717) is 5.71 Å². The number of hydrogen-bond donors (Lipinski definition) is 4. The fourth-order valence-corrected chi connectivity index (χ4v) is 10.6. The summed E-state index contributed by atoms with van der Waals surface area (Å²) < 4.78 is 4.78. The van der Waals surface area contributed by atoms with Crippen LogP contribution in [0.25, 0.3) is 94.1 Å². The Bertz CT molecular complexity index is 3570. The van der Waals surface area contributed by atoms with E-state index >= 15 is 0 Å². The van der Waals surface area contributed by atoms with Gasteiger partial charge < -0.3 is 31.4 Å². The van der Waals surface area contributed by atoms with Crippen molar-refractivity contribution in [2.75, 3.05) is 0 Å². The van der Waals surface area contributed by atoms with Crippen LogP contribution in [0.4, 0.5) is 0 Å². The molecule has 2 aliphatic rings. The minimum Gasteiger partial charge on any atom is -0.403 e. The fraction of sp³-hybridized carbons (Fsp3) is 0.133. The summed E-state index contributed by atoms with van der Waals surface area (Å²) in [5.41, 5.74) is 37.3. The lowest BCUT2D eigenvalue weighted by molar-refractivity contribution is 0.884. The van der Waals surface area contributed by atoms with Crippen LogP contribution in [0.3, 0.4) is 0 Å². The molecular formula is C60H54N6. The second kappa shape index (κ2) is 16.5. The van der Waals surface area contributed by atoms with Gasteiger partial charge in [-0.15, -0.1) is 0 Å². The van der Waals surface area contributed by atoms with Gasteiger partial charge in [0, 0.05) is 45.4 Å². The normalized spacial score (nSPS) is 14.2. The summed E-state index contributed by atoms with van der Waals surface area (Å²) in [6, 6.07) is 35.3. The third-order valence-electron chi connectivity index (χ3n) is 14.1. The number of nitrogens with one attached hydrogen (secondary N) is 2. The van der Waals surface area contributed by atoms with Crippen LogP contribution in [0.1, 0.15) is 61.1 Å². The lowest BCUT2D eigenvalue weighted by Crippen LogP contribution is -2.16. The second-order valence-corrected chi connectivity index (χ2v) is 17.6. The number of hydrogen-bond acceptors (Lipinski definition) is 4. The number of nitrogens with two attached hydrogens (primary N) is 2. The molecule has 2 aromatic heterocycles. The van der Waals surface area contributed by atoms with E-state index in [9.17, 15) is 0 Å². The molecule has 8 aromatic rings. The molecule has 0 bridgehead atoms. The van der Waals surface area contributed by atoms with Gasteiger partial charge in [0.05, 0.1) is 33.5 Å². The van der Waals surface area contributed by atoms with Crippen molar-refractivity contribution < 1.29 is 0 Å². The molecule has 0 aliphatic heterocycles. The van der Waals surface area contributed by atoms with Gasteiger partial charge in [-0.25, -0.2) is 0 Å². The van der Waals surface area contributed by atoms with Crippen molar-refractivity contribution in [3.63, 3.8) is 0 Å². The van der Waals surface area contributed by atoms with E-state index in [1.807, 2.05) is 38.1 Å². The molecule has 6 aromatic carbocycles. The first kappa shape index (κ1) is 42.0. The van der Waals surface area contributed by atoms with Crippen molar-refractivity contribution in [1.29, 1.82) is 10.8 Å². The SMILES string of the molecule is C=C/C=C\C(=N)c1ccc(-c2ccc3c(c2)c2cc4c5c(c2n3C(=C)/C(C)=C\C=N)CCc2cc3c6cc(-c7ccc(/C(N)=C/C)cc7)ccc6n(C(=C/N)/C(C)=C\C)c3c(c2-5)CC4)cc1. The third kappa shape index (κ3) is 6.55. The first-order chi connectivity index (χ1) is 32.1. The quantitative estimate of drug-likeness (QED) is 0.0767. The lowest BCUT2D eigenvalue weighted by Gasteiger charge is -2.31. The van der Waals surface area contributed by atoms with Crippen LogP contribution in [0, 0.1) is 10.8 Å². The lowest BCUT2D eigenvalue weighted by atomic mass is 9.74. The van der Waals surface area contributed by atoms with Gasteiger partial charge in [0.1, 0.15) is 0 Å². The molecule has 0 fully saturated rings. The second-order valence-electron chi connectivity index (χ2n) is 17.6. The molecule has 6 N–H and O–H groups in total. The van der Waals surface area contributed by atoms with E-state index in [1.165, 1.54) is 72.2 Å². The molecular weight excluding hydrogens is 805 g/mol. The number of aryl methyl sites for hydroxylation is 4. The fourth-order valence-electron chi connectivity index (χ4n) is 10.6. The van der Waals surface area contributed by atoms with Crippen molar-refractivity contribution in [1.82, 2.24) is 9.13 Å². The highest BCUT2D eigenvalue weighted by Crippen LogP contribution is 2.52. The maximum absolute atomic E-state index is 8.48. The molecule has 0 spiro atoms. The van der Waals surface area contributed by atoms with Gasteiger partial charge in [-0.05, 0) is 180 Å². The summed E-state index contributed by atoms with van der Waals surface area (Å²) in [7, 11) is 0. The van der Waals surface area contributed by atoms with Gasteiger partial charge in [-0.2, -0.15) is 0 Å². The van der Waals surface area contributed by atoms with E-state index in [-0.39, 0.29) is 0 Å². The molecule has 0 saturated carbocycles. The van der Waals surface area contributed by atoms with Gasteiger partial charge in [0.25, 0.3) is 0 Å². The summed E-state index contributed by atoms with van der Waals surface area (Å²) in [6.45, 7) is 16.7. The number of rotatable bonds is 11. The van der Waals surface area contributed by atoms with E-state index in [1.54, 1.807) is 24.4 Å². The molecule has 324 valence electrons. The molecule has 2 aliphatic carbocycles. The Balaban J connectivity index is 1.22. The molecule has 0 unspecified atom stereocenters. The molecule has 6 heteroatoms. The Morgan fingerprint density at radius 3 is 1.65 bits per heavy atom. The minimum absolute atomic E-state index is 0.449. The Hall–Kier alpha value is -7.96. The highest BCUT2D eigenvalue weighted by molar-refractivity contribution is 6.18. The van der Waals surface area contributed by atoms with Gasteiger partial charge in [-0.3, -0.25) is 0 Å². The number of allylic oxidation sites excluding steroid dienone is 10. The van der Waals surface area contributed by atoms with Crippen LogP contribution in [-0.2, 0) is 25.7 Å². The molecule has 0 amide bonds. The summed E-state index contributed by atoms with van der Waals surface area (Å²) in [6.07, 6.45) is 17.9. The van der Waals surface area contributed by atoms with Crippen molar-refractivity contribution in [2.45, 2.75) is 53.4 Å². The molecule has 66 heavy (non-hydrogen) atoms. The van der Waals surface area contributed by atoms with E-state index in [0.717, 1.165) is 98.3 Å². The van der Waals surface area contributed by atoms with Gasteiger partial charge in [0.2, 0.25) is 0 Å². The molecule has 0 radical (unpaired) electrons. The summed E-state index contributed by atoms with van der Waals surface area (Å²) >= 11 is 0. The van der Waals surface area contributed by atoms with Crippen LogP contribution in [-0.4, -0.2) is 21.1 Å². The monoisotopic (exact) mass is 858 g/mol. The predicted octanol–water partition coefficient (Wildman–Crippen LogP) is 14.3. The van der Waals surface area contributed by atoms with Crippen LogP contribution >= 0.6 is 0 Å². The Labute approximate surface area is 386 Å². The summed E-state index contributed by atoms with van der Waals surface area (Å²) in [4.78, 5) is 0. The molecule has 6 nitrogen and oxygen atoms in total. The number of nitrogens with zero attached hydrogens (tertiary/aromatic N) is 2. The Morgan fingerprint density at radius 1 is 0.636 bits per heavy atom. The van der Waals surface area contributed by atoms with Gasteiger partial charge in [0.15, 0.2) is 0 Å². The van der Waals surface area contributed by atoms with Gasteiger partial charge in [-0.1, -0.05) is 98.1 Å². The minimum atomic E-state index is 0.449. The molecule has 0 atom stereocenters. The Kier molecular flexibility index (Phi) is 10.5. The number of benzene rings is 6. The van der Waals surface area contributed by atoms with Crippen molar-refractivity contribution >= 4 is 72.6 Å². The van der Waals surface area contributed by atoms with Crippen LogP contribution < -0.4 is 11.5 Å². The van der Waals surface area contributed by atoms with Gasteiger partial charge >= 0.3 is 0 Å². The zero-order chi connectivity index (χ0) is 46.0. The first-order valence-electron chi connectivity index (χ1n) is 22.8. The third-order valence-corrected chi connectivity index (χ3v) is 14.1. The smallest absolute Gasteiger partial charge is 0.0642 e. The Morgan fingerprint density at radius 2 is 1.15 bits per heavy atom. The zero-order valence-corrected chi connectivity index (χ0v) is 38.1. The molecule has 10 rings (SSSR count). The van der Waals surface area contributed by atoms with E-state index in [2.05, 4.69) is 121 Å². The van der Waals surface area contributed by atoms with Crippen molar-refractivity contribution in [3.8, 4) is 33.4 Å². The maximum atomic E-state index is 8.48. The van der Waals surface area contributed by atoms with Crippen LogP contribution in [0.5, 0.6) is 0 Å². The van der Waals surface area contributed by atoms with Crippen LogP contribution in [0.2, 0.25) is 0 Å². The predicted molar refractivity (Wildman–Crippen MR) is 283 cm³/mol. The average Bonchev–Trinajstić information content (AvgIpc) is 3.86. The highest BCUT2D eigenvalue weighted by atomic mass is 15.0. The van der Waals surface area contributed by atoms with Crippen LogP contribution in [0.15, 0.2) is 164 Å². The molecule has 0 saturated heterocycles. The van der Waals surface area contributed by atoms with Crippen molar-refractivity contribution in [2.24, 2.45) is 11.5 Å². The summed E-state index contributed by atoms with van der Waals surface area (Å²) in [5, 5.41) is 21.3. The number of fused-ring (bicyclic) bond motifs is 8. The zero-order valence-electron chi connectivity index (χ0n) is 38.1. The maximum Gasteiger partial charge on any atom is 0.0642 e. The average molecular weight is 859 g/mol. The largest absolute Gasteiger partial charge is 0.403 e. The topological polar surface area (TPSA) is 110 Å². The van der Waals surface area contributed by atoms with Crippen molar-refractivity contribution in [3.05, 3.63) is 197 Å². The van der Waals surface area contributed by atoms with E-state index < -0.39 is 0 Å². The molecule has 2 heterocycles. The van der Waals surface area contributed by atoms with E-state index in [4.69, 9.17) is 28.9 Å². The summed E-state index contributed by atoms with van der Waals surface area (Å²) in [5.74, 6) is 0. The standard InChI is InChI=1S/C60H54N6/c1-7-10-11-53(64)41-18-14-39(15-19-41)42-22-26-54-48(30-42)50-32-44-21-25-47-58-45(20-24-46(57(44)58)59(50)65(54)37(6)36(5)28-29-61)33-51-49-31-43(38-12-16-40(17-13-38)52(63)9-3)23-27-55(49)66(60(47)51)56(34-62)35(4)8-2/h7-19,22-23,26-34,61,64H,1,6,20-21,24-25,62-63H2,2-5H3/b11-10-,35-8-,36-28-,52-9-,56-34+,61-29?,64-53?.